The molecule has 0 saturated carbocycles. The number of benzene rings is 10. The van der Waals surface area contributed by atoms with Gasteiger partial charge in [-0.3, -0.25) is 0 Å². The van der Waals surface area contributed by atoms with Crippen molar-refractivity contribution in [3.63, 3.8) is 0 Å². The van der Waals surface area contributed by atoms with E-state index < -0.39 is 0 Å². The van der Waals surface area contributed by atoms with Crippen LogP contribution >= 0.6 is 0 Å². The predicted molar refractivity (Wildman–Crippen MR) is 267 cm³/mol. The Kier molecular flexibility index (Phi) is 10.5. The molecule has 10 rings (SSSR count). The molecule has 0 saturated heterocycles. The first-order valence-corrected chi connectivity index (χ1v) is 21.3. The van der Waals surface area contributed by atoms with E-state index in [1.807, 2.05) is 0 Å². The Morgan fingerprint density at radius 2 is 0.581 bits per heavy atom. The second-order valence-corrected chi connectivity index (χ2v) is 16.1. The van der Waals surface area contributed by atoms with Crippen LogP contribution in [0.5, 0.6) is 0 Å². The maximum atomic E-state index is 2.34. The van der Waals surface area contributed by atoms with Gasteiger partial charge in [-0.1, -0.05) is 170 Å². The van der Waals surface area contributed by atoms with Crippen molar-refractivity contribution in [3.05, 3.63) is 253 Å². The molecule has 62 heavy (non-hydrogen) atoms. The zero-order valence-electron chi connectivity index (χ0n) is 35.0. The van der Waals surface area contributed by atoms with Crippen LogP contribution in [0.4, 0.5) is 34.1 Å². The average molecular weight is 795 g/mol. The normalized spacial score (nSPS) is 11.3. The minimum atomic E-state index is 1.12. The highest BCUT2D eigenvalue weighted by Gasteiger charge is 2.15. The topological polar surface area (TPSA) is 6.48 Å². The van der Waals surface area contributed by atoms with Gasteiger partial charge in [0.05, 0.1) is 0 Å². The number of rotatable bonds is 10. The van der Waals surface area contributed by atoms with Crippen LogP contribution in [0.25, 0.3) is 56.0 Å². The molecule has 0 aliphatic heterocycles. The molecule has 0 atom stereocenters. The highest BCUT2D eigenvalue weighted by molar-refractivity contribution is 5.91. The van der Waals surface area contributed by atoms with E-state index in [-0.39, 0.29) is 0 Å². The molecule has 0 N–H and O–H groups in total. The summed E-state index contributed by atoms with van der Waals surface area (Å²) in [6, 6.07) is 83.3. The van der Waals surface area contributed by atoms with Crippen LogP contribution in [0.3, 0.4) is 0 Å². The van der Waals surface area contributed by atoms with Crippen LogP contribution in [0, 0.1) is 13.8 Å². The van der Waals surface area contributed by atoms with E-state index >= 15 is 0 Å². The fraction of sp³-hybridized carbons (Fsp3) is 0.0333. The fourth-order valence-electron chi connectivity index (χ4n) is 8.43. The van der Waals surface area contributed by atoms with Crippen LogP contribution in [0.15, 0.2) is 231 Å². The molecule has 0 unspecified atom stereocenters. The van der Waals surface area contributed by atoms with Crippen molar-refractivity contribution in [2.24, 2.45) is 0 Å². The van der Waals surface area contributed by atoms with Gasteiger partial charge in [-0.25, -0.2) is 0 Å². The fourth-order valence-corrected chi connectivity index (χ4v) is 8.43. The van der Waals surface area contributed by atoms with Crippen molar-refractivity contribution >= 4 is 67.8 Å². The SMILES string of the molecule is Cc1cccc(N(c2ccc(-c3ccc(/C=C/c4ccc(-c5ccc(N(c6cccc(C)c6)c6ccc7ccccc7c6)cc5)cc4)cc3)cc2)c2ccc3ccccc3c2)c1. The lowest BCUT2D eigenvalue weighted by molar-refractivity contribution is 1.27. The highest BCUT2D eigenvalue weighted by atomic mass is 15.1. The first-order valence-electron chi connectivity index (χ1n) is 21.3. The van der Waals surface area contributed by atoms with Crippen LogP contribution in [-0.2, 0) is 0 Å². The maximum Gasteiger partial charge on any atom is 0.0468 e. The molecule has 10 aromatic rings. The van der Waals surface area contributed by atoms with Gasteiger partial charge >= 0.3 is 0 Å². The summed E-state index contributed by atoms with van der Waals surface area (Å²) in [5.41, 5.74) is 16.4. The maximum absolute atomic E-state index is 2.34. The summed E-state index contributed by atoms with van der Waals surface area (Å²) < 4.78 is 0. The zero-order valence-corrected chi connectivity index (χ0v) is 35.0. The van der Waals surface area contributed by atoms with E-state index in [2.05, 4.69) is 266 Å². The minimum absolute atomic E-state index is 1.12. The molecule has 0 aliphatic rings. The zero-order chi connectivity index (χ0) is 41.8. The summed E-state index contributed by atoms with van der Waals surface area (Å²) in [5.74, 6) is 0. The molecule has 0 radical (unpaired) electrons. The highest BCUT2D eigenvalue weighted by Crippen LogP contribution is 2.39. The van der Waals surface area contributed by atoms with E-state index in [1.165, 1.54) is 54.9 Å². The van der Waals surface area contributed by atoms with E-state index in [0.29, 0.717) is 0 Å². The minimum Gasteiger partial charge on any atom is -0.310 e. The Morgan fingerprint density at radius 1 is 0.258 bits per heavy atom. The Morgan fingerprint density at radius 3 is 0.952 bits per heavy atom. The molecule has 296 valence electrons. The number of nitrogens with zero attached hydrogens (tertiary/aromatic N) is 2. The van der Waals surface area contributed by atoms with Gasteiger partial charge in [0.1, 0.15) is 0 Å². The van der Waals surface area contributed by atoms with Crippen molar-refractivity contribution in [2.45, 2.75) is 13.8 Å². The van der Waals surface area contributed by atoms with Gasteiger partial charge < -0.3 is 9.80 Å². The van der Waals surface area contributed by atoms with Crippen LogP contribution < -0.4 is 9.80 Å². The molecule has 0 heterocycles. The van der Waals surface area contributed by atoms with E-state index in [4.69, 9.17) is 0 Å². The first kappa shape index (κ1) is 38.3. The third kappa shape index (κ3) is 8.15. The second kappa shape index (κ2) is 17.0. The van der Waals surface area contributed by atoms with Crippen LogP contribution in [0.1, 0.15) is 22.3 Å². The molecule has 0 fully saturated rings. The summed E-state index contributed by atoms with van der Waals surface area (Å²) in [7, 11) is 0. The number of hydrogen-bond acceptors (Lipinski definition) is 2. The van der Waals surface area contributed by atoms with E-state index in [1.54, 1.807) is 0 Å². The van der Waals surface area contributed by atoms with Gasteiger partial charge in [0.2, 0.25) is 0 Å². The predicted octanol–water partition coefficient (Wildman–Crippen LogP) is 17.1. The monoisotopic (exact) mass is 794 g/mol. The van der Waals surface area contributed by atoms with Gasteiger partial charge in [-0.15, -0.1) is 0 Å². The third-order valence-electron chi connectivity index (χ3n) is 11.7. The average Bonchev–Trinajstić information content (AvgIpc) is 3.32. The van der Waals surface area contributed by atoms with E-state index in [0.717, 1.165) is 45.3 Å². The van der Waals surface area contributed by atoms with Gasteiger partial charge in [0.15, 0.2) is 0 Å². The van der Waals surface area contributed by atoms with Gasteiger partial charge in [0.25, 0.3) is 0 Å². The lowest BCUT2D eigenvalue weighted by Crippen LogP contribution is -2.10. The molecule has 0 aliphatic carbocycles. The lowest BCUT2D eigenvalue weighted by Gasteiger charge is -2.26. The summed E-state index contributed by atoms with van der Waals surface area (Å²) in [6.45, 7) is 4.30. The van der Waals surface area contributed by atoms with Crippen LogP contribution in [0.2, 0.25) is 0 Å². The van der Waals surface area contributed by atoms with Gasteiger partial charge in [-0.2, -0.15) is 0 Å². The van der Waals surface area contributed by atoms with Crippen LogP contribution in [-0.4, -0.2) is 0 Å². The van der Waals surface area contributed by atoms with Crippen molar-refractivity contribution in [3.8, 4) is 22.3 Å². The first-order chi connectivity index (χ1) is 30.5. The molecule has 0 bridgehead atoms. The second-order valence-electron chi connectivity index (χ2n) is 16.1. The Balaban J connectivity index is 0.834. The van der Waals surface area contributed by atoms with Crippen molar-refractivity contribution < 1.29 is 0 Å². The summed E-state index contributed by atoms with van der Waals surface area (Å²) in [6.07, 6.45) is 4.37. The quantitative estimate of drug-likeness (QED) is 0.127. The van der Waals surface area contributed by atoms with Crippen molar-refractivity contribution in [2.75, 3.05) is 9.80 Å². The number of aryl methyl sites for hydroxylation is 2. The standard InChI is InChI=1S/C60H46N2/c1-43-9-7-15-57(39-43)61(59-37-31-47-11-3-5-13-53(47)41-59)55-33-27-51(28-34-55)49-23-19-45(20-24-49)17-18-46-21-25-50(26-22-46)52-29-35-56(36-30-52)62(58-16-8-10-44(2)40-58)60-38-32-48-12-4-6-14-54(48)42-60/h3-42H,1-2H3/b18-17+. The Bertz CT molecular complexity index is 2960. The molecule has 0 aromatic heterocycles. The van der Waals surface area contributed by atoms with Crippen molar-refractivity contribution in [1.29, 1.82) is 0 Å². The molecular weight excluding hydrogens is 749 g/mol. The number of anilines is 6. The molecule has 0 amide bonds. The molecule has 2 nitrogen and oxygen atoms in total. The molecular formula is C60H46N2. The molecule has 10 aromatic carbocycles. The molecule has 2 heteroatoms. The Labute approximate surface area is 364 Å². The lowest BCUT2D eigenvalue weighted by atomic mass is 10.0. The number of hydrogen-bond donors (Lipinski definition) is 0. The summed E-state index contributed by atoms with van der Waals surface area (Å²) in [5, 5.41) is 4.94. The smallest absolute Gasteiger partial charge is 0.0468 e. The summed E-state index contributed by atoms with van der Waals surface area (Å²) >= 11 is 0. The van der Waals surface area contributed by atoms with E-state index in [9.17, 15) is 0 Å². The van der Waals surface area contributed by atoms with Crippen molar-refractivity contribution in [1.82, 2.24) is 0 Å². The van der Waals surface area contributed by atoms with Gasteiger partial charge in [-0.05, 0) is 153 Å². The number of fused-ring (bicyclic) bond motifs is 2. The largest absolute Gasteiger partial charge is 0.310 e. The van der Waals surface area contributed by atoms with Gasteiger partial charge in [0, 0.05) is 34.1 Å². The molecule has 0 spiro atoms. The Hall–Kier alpha value is -7.94. The third-order valence-corrected chi connectivity index (χ3v) is 11.7. The summed E-state index contributed by atoms with van der Waals surface area (Å²) in [4.78, 5) is 4.68.